The molecule has 1 amide bonds. The van der Waals surface area contributed by atoms with Crippen LogP contribution in [0.25, 0.3) is 0 Å². The summed E-state index contributed by atoms with van der Waals surface area (Å²) in [6.07, 6.45) is 1.38. The molecule has 0 radical (unpaired) electrons. The van der Waals surface area contributed by atoms with E-state index >= 15 is 0 Å². The van der Waals surface area contributed by atoms with Gasteiger partial charge < -0.3 is 10.1 Å². The van der Waals surface area contributed by atoms with Gasteiger partial charge in [0, 0.05) is 5.41 Å². The molecular weight excluding hydrogens is 256 g/mol. The Morgan fingerprint density at radius 1 is 1.40 bits per heavy atom. The zero-order chi connectivity index (χ0) is 15.8. The lowest BCUT2D eigenvalue weighted by atomic mass is 9.69. The van der Waals surface area contributed by atoms with Crippen molar-refractivity contribution in [1.29, 1.82) is 5.26 Å². The average molecular weight is 278 g/mol. The van der Waals surface area contributed by atoms with Gasteiger partial charge in [0.15, 0.2) is 5.78 Å². The molecule has 5 heteroatoms. The molecule has 0 saturated carbocycles. The van der Waals surface area contributed by atoms with Gasteiger partial charge in [0.05, 0.1) is 11.1 Å². The van der Waals surface area contributed by atoms with Crippen LogP contribution in [0.5, 0.6) is 0 Å². The largest absolute Gasteiger partial charge is 0.444 e. The molecule has 0 fully saturated rings. The van der Waals surface area contributed by atoms with E-state index in [0.717, 1.165) is 0 Å². The maximum absolute atomic E-state index is 12.0. The number of amides is 1. The fourth-order valence-corrected chi connectivity index (χ4v) is 2.50. The number of allylic oxidation sites excluding steroid dienone is 1. The van der Waals surface area contributed by atoms with Crippen molar-refractivity contribution in [3.05, 3.63) is 11.6 Å². The third-order valence-corrected chi connectivity index (χ3v) is 3.04. The number of hydrogen-bond acceptors (Lipinski definition) is 4. The van der Waals surface area contributed by atoms with Crippen LogP contribution in [0.4, 0.5) is 4.79 Å². The monoisotopic (exact) mass is 278 g/mol. The molecule has 1 rings (SSSR count). The third kappa shape index (κ3) is 3.83. The molecule has 0 aromatic carbocycles. The van der Waals surface area contributed by atoms with E-state index < -0.39 is 22.6 Å². The predicted octanol–water partition coefficient (Wildman–Crippen LogP) is 2.72. The van der Waals surface area contributed by atoms with Gasteiger partial charge in [-0.25, -0.2) is 4.79 Å². The van der Waals surface area contributed by atoms with Crippen LogP contribution >= 0.6 is 0 Å². The van der Waals surface area contributed by atoms with Crippen molar-refractivity contribution in [2.45, 2.75) is 59.1 Å². The van der Waals surface area contributed by atoms with Gasteiger partial charge in [-0.15, -0.1) is 0 Å². The summed E-state index contributed by atoms with van der Waals surface area (Å²) >= 11 is 0. The number of ether oxygens (including phenoxy) is 1. The van der Waals surface area contributed by atoms with E-state index in [0.29, 0.717) is 6.42 Å². The van der Waals surface area contributed by atoms with E-state index in [4.69, 9.17) is 10.00 Å². The number of nitrogens with zero attached hydrogens (tertiary/aromatic N) is 1. The maximum Gasteiger partial charge on any atom is 0.408 e. The summed E-state index contributed by atoms with van der Waals surface area (Å²) in [5.41, 5.74) is -1.98. The molecular formula is C15H22N2O3. The van der Waals surface area contributed by atoms with Gasteiger partial charge >= 0.3 is 6.09 Å². The zero-order valence-corrected chi connectivity index (χ0v) is 13.0. The lowest BCUT2D eigenvalue weighted by molar-refractivity contribution is -0.124. The van der Waals surface area contributed by atoms with E-state index in [-0.39, 0.29) is 11.4 Å². The molecule has 1 aliphatic rings. The number of alkyl carbamates (subject to hydrolysis) is 1. The molecule has 0 aromatic heterocycles. The Hall–Kier alpha value is -1.83. The molecule has 0 aliphatic heterocycles. The van der Waals surface area contributed by atoms with Crippen molar-refractivity contribution in [3.8, 4) is 6.07 Å². The molecule has 5 nitrogen and oxygen atoms in total. The maximum atomic E-state index is 12.0. The minimum atomic E-state index is -0.773. The fourth-order valence-electron chi connectivity index (χ4n) is 2.50. The van der Waals surface area contributed by atoms with Gasteiger partial charge in [0.2, 0.25) is 0 Å². The summed E-state index contributed by atoms with van der Waals surface area (Å²) in [5, 5.41) is 11.8. The van der Waals surface area contributed by atoms with Gasteiger partial charge in [-0.05, 0) is 40.2 Å². The highest BCUT2D eigenvalue weighted by atomic mass is 16.6. The molecule has 0 bridgehead atoms. The van der Waals surface area contributed by atoms with Crippen molar-refractivity contribution < 1.29 is 14.3 Å². The second-order valence-corrected chi connectivity index (χ2v) is 7.10. The highest BCUT2D eigenvalue weighted by molar-refractivity contribution is 6.04. The first-order valence-corrected chi connectivity index (χ1v) is 6.57. The average Bonchev–Trinajstić information content (AvgIpc) is 2.19. The summed E-state index contributed by atoms with van der Waals surface area (Å²) < 4.78 is 5.22. The SMILES string of the molecule is CC1(NC(=O)OC(C)(C)C)C=C(C#N)C(=O)C(C)(C)C1. The summed E-state index contributed by atoms with van der Waals surface area (Å²) in [4.78, 5) is 23.9. The Labute approximate surface area is 120 Å². The highest BCUT2D eigenvalue weighted by Crippen LogP contribution is 2.37. The first-order valence-electron chi connectivity index (χ1n) is 6.57. The van der Waals surface area contributed by atoms with Crippen molar-refractivity contribution in [3.63, 3.8) is 0 Å². The smallest absolute Gasteiger partial charge is 0.408 e. The number of carbonyl (C=O) groups excluding carboxylic acids is 2. The van der Waals surface area contributed by atoms with Crippen LogP contribution in [0.15, 0.2) is 11.6 Å². The predicted molar refractivity (Wildman–Crippen MR) is 74.9 cm³/mol. The van der Waals surface area contributed by atoms with Crippen LogP contribution in [0, 0.1) is 16.7 Å². The Morgan fingerprint density at radius 2 is 1.95 bits per heavy atom. The van der Waals surface area contributed by atoms with Gasteiger partial charge in [-0.3, -0.25) is 4.79 Å². The van der Waals surface area contributed by atoms with Gasteiger partial charge in [-0.2, -0.15) is 5.26 Å². The Morgan fingerprint density at radius 3 is 2.40 bits per heavy atom. The van der Waals surface area contributed by atoms with Crippen LogP contribution in [0.1, 0.15) is 48.0 Å². The second kappa shape index (κ2) is 4.93. The van der Waals surface area contributed by atoms with Gasteiger partial charge in [0.1, 0.15) is 11.7 Å². The minimum Gasteiger partial charge on any atom is -0.444 e. The quantitative estimate of drug-likeness (QED) is 0.799. The fraction of sp³-hybridized carbons (Fsp3) is 0.667. The van der Waals surface area contributed by atoms with E-state index in [2.05, 4.69) is 5.32 Å². The lowest BCUT2D eigenvalue weighted by Crippen LogP contribution is -2.52. The molecule has 0 saturated heterocycles. The summed E-state index contributed by atoms with van der Waals surface area (Å²) in [5.74, 6) is -0.191. The first-order chi connectivity index (χ1) is 8.88. The Bertz CT molecular complexity index is 506. The number of rotatable bonds is 1. The molecule has 0 spiro atoms. The molecule has 1 unspecified atom stereocenters. The van der Waals surface area contributed by atoms with Crippen molar-refractivity contribution in [2.75, 3.05) is 0 Å². The van der Waals surface area contributed by atoms with Crippen molar-refractivity contribution in [1.82, 2.24) is 5.32 Å². The molecule has 0 heterocycles. The van der Waals surface area contributed by atoms with E-state index in [9.17, 15) is 9.59 Å². The van der Waals surface area contributed by atoms with Crippen LogP contribution in [-0.4, -0.2) is 23.0 Å². The van der Waals surface area contributed by atoms with Gasteiger partial charge in [0.25, 0.3) is 0 Å². The number of carbonyl (C=O) groups is 2. The number of nitriles is 1. The van der Waals surface area contributed by atoms with Crippen LogP contribution < -0.4 is 5.32 Å². The molecule has 1 aliphatic carbocycles. The Balaban J connectivity index is 2.99. The first kappa shape index (κ1) is 16.2. The van der Waals surface area contributed by atoms with E-state index in [1.54, 1.807) is 41.5 Å². The molecule has 1 N–H and O–H groups in total. The highest BCUT2D eigenvalue weighted by Gasteiger charge is 2.43. The summed E-state index contributed by atoms with van der Waals surface area (Å²) in [6.45, 7) is 10.7. The Kier molecular flexibility index (Phi) is 4.00. The molecule has 0 aromatic rings. The number of ketones is 1. The second-order valence-electron chi connectivity index (χ2n) is 7.10. The van der Waals surface area contributed by atoms with Crippen LogP contribution in [0.3, 0.4) is 0 Å². The van der Waals surface area contributed by atoms with Crippen molar-refractivity contribution in [2.24, 2.45) is 5.41 Å². The van der Waals surface area contributed by atoms with Crippen molar-refractivity contribution >= 4 is 11.9 Å². The number of nitrogens with one attached hydrogen (secondary N) is 1. The topological polar surface area (TPSA) is 79.2 Å². The summed E-state index contributed by atoms with van der Waals surface area (Å²) in [7, 11) is 0. The zero-order valence-electron chi connectivity index (χ0n) is 13.0. The van der Waals surface area contributed by atoms with Crippen LogP contribution in [0.2, 0.25) is 0 Å². The third-order valence-electron chi connectivity index (χ3n) is 3.04. The molecule has 1 atom stereocenters. The van der Waals surface area contributed by atoms with Gasteiger partial charge in [-0.1, -0.05) is 13.8 Å². The van der Waals surface area contributed by atoms with Crippen LogP contribution in [-0.2, 0) is 9.53 Å². The molecule has 110 valence electrons. The van der Waals surface area contributed by atoms with E-state index in [1.807, 2.05) is 6.07 Å². The number of Topliss-reactive ketones (excluding diaryl/α,β-unsaturated/α-hetero) is 1. The molecule has 20 heavy (non-hydrogen) atoms. The number of hydrogen-bond donors (Lipinski definition) is 1. The van der Waals surface area contributed by atoms with E-state index in [1.165, 1.54) is 6.08 Å². The minimum absolute atomic E-state index is 0.0832. The summed E-state index contributed by atoms with van der Waals surface area (Å²) in [6, 6.07) is 1.91. The lowest BCUT2D eigenvalue weighted by Gasteiger charge is -2.39. The normalized spacial score (nSPS) is 25.4. The standard InChI is InChI=1S/C15H22N2O3/c1-13(2,3)20-12(19)17-15(6)7-10(8-16)11(18)14(4,5)9-15/h7H,9H2,1-6H3,(H,17,19).